The first-order valence-corrected chi connectivity index (χ1v) is 5.07. The maximum atomic E-state index is 11.6. The van der Waals surface area contributed by atoms with Crippen molar-refractivity contribution in [1.82, 2.24) is 14.7 Å². The molecule has 7 nitrogen and oxygen atoms in total. The van der Waals surface area contributed by atoms with Crippen LogP contribution in [-0.4, -0.2) is 75.0 Å². The van der Waals surface area contributed by atoms with Crippen molar-refractivity contribution >= 4 is 6.03 Å². The summed E-state index contributed by atoms with van der Waals surface area (Å²) in [4.78, 5) is 15.8. The molecular formula is C9H19N3O4. The minimum absolute atomic E-state index is 0.0697. The van der Waals surface area contributed by atoms with E-state index >= 15 is 0 Å². The zero-order valence-electron chi connectivity index (χ0n) is 9.63. The minimum Gasteiger partial charge on any atom is -0.394 e. The van der Waals surface area contributed by atoms with Crippen molar-refractivity contribution in [3.05, 3.63) is 0 Å². The molecule has 1 aliphatic rings. The number of carbonyl (C=O) groups is 1. The molecule has 94 valence electrons. The minimum atomic E-state index is -0.512. The van der Waals surface area contributed by atoms with Gasteiger partial charge < -0.3 is 15.3 Å². The smallest absolute Gasteiger partial charge is 0.325 e. The molecule has 2 amide bonds. The molecule has 0 aliphatic carbocycles. The molecule has 0 aromatic rings. The second-order valence-electron chi connectivity index (χ2n) is 4.44. The number of nitrogens with zero attached hydrogens (tertiary/aromatic N) is 3. The van der Waals surface area contributed by atoms with Gasteiger partial charge in [-0.1, -0.05) is 0 Å². The topological polar surface area (TPSA) is 87.5 Å². The molecule has 1 saturated heterocycles. The van der Waals surface area contributed by atoms with Crippen LogP contribution >= 0.6 is 0 Å². The van der Waals surface area contributed by atoms with Gasteiger partial charge in [-0.15, -0.1) is 0 Å². The van der Waals surface area contributed by atoms with Crippen LogP contribution in [-0.2, 0) is 0 Å². The average molecular weight is 233 g/mol. The number of rotatable bonds is 4. The van der Waals surface area contributed by atoms with Crippen LogP contribution in [0.2, 0.25) is 0 Å². The normalized spacial score (nSPS) is 19.4. The molecule has 0 radical (unpaired) electrons. The summed E-state index contributed by atoms with van der Waals surface area (Å²) in [7, 11) is 0. The van der Waals surface area contributed by atoms with Gasteiger partial charge in [-0.25, -0.2) is 4.79 Å². The number of aliphatic hydroxyl groups is 3. The van der Waals surface area contributed by atoms with Gasteiger partial charge in [-0.2, -0.15) is 0 Å². The maximum absolute atomic E-state index is 11.6. The third-order valence-corrected chi connectivity index (χ3v) is 2.81. The lowest BCUT2D eigenvalue weighted by Crippen LogP contribution is -2.64. The second kappa shape index (κ2) is 4.96. The summed E-state index contributed by atoms with van der Waals surface area (Å²) >= 11 is 0. The van der Waals surface area contributed by atoms with E-state index in [1.54, 1.807) is 4.90 Å². The van der Waals surface area contributed by atoms with Crippen molar-refractivity contribution in [2.75, 3.05) is 33.4 Å². The van der Waals surface area contributed by atoms with Gasteiger partial charge in [0.1, 0.15) is 13.5 Å². The largest absolute Gasteiger partial charge is 0.394 e. The number of hydrogen-bond acceptors (Lipinski definition) is 5. The number of urea groups is 1. The van der Waals surface area contributed by atoms with Crippen molar-refractivity contribution in [3.8, 4) is 0 Å². The van der Waals surface area contributed by atoms with Crippen LogP contribution in [0, 0.1) is 0 Å². The van der Waals surface area contributed by atoms with E-state index in [1.165, 1.54) is 9.80 Å². The lowest BCUT2D eigenvalue weighted by Gasteiger charge is -2.46. The fourth-order valence-electron chi connectivity index (χ4n) is 1.47. The Bertz CT molecular complexity index is 243. The van der Waals surface area contributed by atoms with Crippen molar-refractivity contribution in [2.45, 2.75) is 19.4 Å². The molecule has 1 heterocycles. The van der Waals surface area contributed by atoms with E-state index in [-0.39, 0.29) is 19.9 Å². The van der Waals surface area contributed by atoms with E-state index in [1.807, 2.05) is 13.8 Å². The van der Waals surface area contributed by atoms with Gasteiger partial charge in [-0.3, -0.25) is 14.7 Å². The predicted molar refractivity (Wildman–Crippen MR) is 56.0 cm³/mol. The van der Waals surface area contributed by atoms with Gasteiger partial charge in [0.25, 0.3) is 0 Å². The zero-order valence-corrected chi connectivity index (χ0v) is 9.63. The number of hydrogen-bond donors (Lipinski definition) is 3. The predicted octanol–water partition coefficient (Wildman–Crippen LogP) is -1.39. The average Bonchev–Trinajstić information content (AvgIpc) is 2.29. The summed E-state index contributed by atoms with van der Waals surface area (Å²) in [6, 6.07) is -0.407. The quantitative estimate of drug-likeness (QED) is 0.556. The van der Waals surface area contributed by atoms with E-state index in [2.05, 4.69) is 0 Å². The van der Waals surface area contributed by atoms with Crippen LogP contribution in [0.4, 0.5) is 4.79 Å². The summed E-state index contributed by atoms with van der Waals surface area (Å²) in [6.07, 6.45) is 0. The van der Waals surface area contributed by atoms with Crippen LogP contribution in [0.3, 0.4) is 0 Å². The number of carbonyl (C=O) groups excluding carboxylic acids is 1. The van der Waals surface area contributed by atoms with Crippen LogP contribution in [0.5, 0.6) is 0 Å². The molecule has 7 heteroatoms. The van der Waals surface area contributed by atoms with Gasteiger partial charge in [0.05, 0.1) is 19.9 Å². The highest BCUT2D eigenvalue weighted by Gasteiger charge is 2.36. The van der Waals surface area contributed by atoms with Crippen molar-refractivity contribution in [1.29, 1.82) is 0 Å². The Morgan fingerprint density at radius 1 is 1.12 bits per heavy atom. The standard InChI is InChI=1S/C9H19N3O4/c1-9(2,3-13)12-4-10(6-14)8(16)11(5-12)7-15/h13-15H,3-7H2,1-2H3. The Balaban J connectivity index is 2.80. The fraction of sp³-hybridized carbons (Fsp3) is 0.889. The van der Waals surface area contributed by atoms with Crippen molar-refractivity contribution in [2.24, 2.45) is 0 Å². The third-order valence-electron chi connectivity index (χ3n) is 2.81. The highest BCUT2D eigenvalue weighted by atomic mass is 16.3. The molecule has 16 heavy (non-hydrogen) atoms. The maximum Gasteiger partial charge on any atom is 0.325 e. The SMILES string of the molecule is CC(C)(CO)N1CN(CO)C(=O)N(CO)C1. The molecule has 0 unspecified atom stereocenters. The highest BCUT2D eigenvalue weighted by molar-refractivity contribution is 5.74. The van der Waals surface area contributed by atoms with E-state index in [4.69, 9.17) is 10.2 Å². The molecule has 0 saturated carbocycles. The van der Waals surface area contributed by atoms with Gasteiger partial charge in [-0.05, 0) is 13.8 Å². The number of amides is 2. The van der Waals surface area contributed by atoms with Crippen molar-refractivity contribution in [3.63, 3.8) is 0 Å². The van der Waals surface area contributed by atoms with Crippen LogP contribution < -0.4 is 0 Å². The monoisotopic (exact) mass is 233 g/mol. The zero-order chi connectivity index (χ0) is 12.3. The molecule has 0 aromatic heterocycles. The Kier molecular flexibility index (Phi) is 4.09. The van der Waals surface area contributed by atoms with Crippen LogP contribution in [0.1, 0.15) is 13.8 Å². The molecule has 0 spiro atoms. The van der Waals surface area contributed by atoms with E-state index in [9.17, 15) is 9.90 Å². The summed E-state index contributed by atoms with van der Waals surface area (Å²) in [5.74, 6) is 0. The van der Waals surface area contributed by atoms with Crippen LogP contribution in [0.25, 0.3) is 0 Å². The van der Waals surface area contributed by atoms with Gasteiger partial charge in [0.2, 0.25) is 0 Å². The summed E-state index contributed by atoms with van der Waals surface area (Å²) in [5.41, 5.74) is -0.512. The number of aliphatic hydroxyl groups excluding tert-OH is 3. The van der Waals surface area contributed by atoms with E-state index in [0.29, 0.717) is 0 Å². The summed E-state index contributed by atoms with van der Waals surface area (Å²) in [6.45, 7) is 3.24. The second-order valence-corrected chi connectivity index (χ2v) is 4.44. The van der Waals surface area contributed by atoms with E-state index in [0.717, 1.165) is 0 Å². The lowest BCUT2D eigenvalue weighted by molar-refractivity contribution is -0.0750. The van der Waals surface area contributed by atoms with Gasteiger partial charge in [0, 0.05) is 5.54 Å². The molecule has 0 atom stereocenters. The van der Waals surface area contributed by atoms with E-state index < -0.39 is 25.0 Å². The Labute approximate surface area is 94.5 Å². The van der Waals surface area contributed by atoms with Gasteiger partial charge in [0.15, 0.2) is 0 Å². The highest BCUT2D eigenvalue weighted by Crippen LogP contribution is 2.19. The molecule has 1 fully saturated rings. The molecule has 1 rings (SSSR count). The molecule has 3 N–H and O–H groups in total. The molecule has 1 aliphatic heterocycles. The first-order valence-electron chi connectivity index (χ1n) is 5.07. The Morgan fingerprint density at radius 3 is 1.88 bits per heavy atom. The lowest BCUT2D eigenvalue weighted by atomic mass is 10.1. The van der Waals surface area contributed by atoms with Gasteiger partial charge >= 0.3 is 6.03 Å². The Morgan fingerprint density at radius 2 is 1.56 bits per heavy atom. The molecular weight excluding hydrogens is 214 g/mol. The molecule has 0 aromatic carbocycles. The van der Waals surface area contributed by atoms with Crippen molar-refractivity contribution < 1.29 is 20.1 Å². The fourth-order valence-corrected chi connectivity index (χ4v) is 1.47. The summed E-state index contributed by atoms with van der Waals surface area (Å²) in [5, 5.41) is 27.3. The third kappa shape index (κ3) is 2.43. The van der Waals surface area contributed by atoms with Crippen LogP contribution in [0.15, 0.2) is 0 Å². The molecule has 0 bridgehead atoms. The first-order chi connectivity index (χ1) is 7.46. The summed E-state index contributed by atoms with van der Waals surface area (Å²) < 4.78 is 0. The Hall–Kier alpha value is -0.890. The first kappa shape index (κ1) is 13.2.